The highest BCUT2D eigenvalue weighted by molar-refractivity contribution is 9.10. The molecule has 0 saturated carbocycles. The topological polar surface area (TPSA) is 153 Å². The van der Waals surface area contributed by atoms with Crippen molar-refractivity contribution in [3.8, 4) is 5.75 Å². The molecule has 2 aromatic heterocycles. The maximum absolute atomic E-state index is 13.0. The van der Waals surface area contributed by atoms with E-state index >= 15 is 0 Å². The molecule has 0 aliphatic heterocycles. The van der Waals surface area contributed by atoms with E-state index in [1.165, 1.54) is 54.9 Å². The van der Waals surface area contributed by atoms with Gasteiger partial charge in [0.05, 0.1) is 22.4 Å². The van der Waals surface area contributed by atoms with Crippen LogP contribution in [0.4, 0.5) is 11.4 Å². The molecule has 2 heterocycles. The highest BCUT2D eigenvalue weighted by Gasteiger charge is 2.22. The second-order valence-corrected chi connectivity index (χ2v) is 10.8. The second-order valence-electron chi connectivity index (χ2n) is 8.46. The minimum atomic E-state index is -0.760. The van der Waals surface area contributed by atoms with E-state index < -0.39 is 22.7 Å². The number of rotatable bonds is 8. The quantitative estimate of drug-likeness (QED) is 0.0591. The second kappa shape index (κ2) is 12.3. The number of furan rings is 1. The summed E-state index contributed by atoms with van der Waals surface area (Å²) in [5, 5.41) is 18.4. The third-order valence-electron chi connectivity index (χ3n) is 5.70. The van der Waals surface area contributed by atoms with Crippen molar-refractivity contribution in [2.45, 2.75) is 0 Å². The van der Waals surface area contributed by atoms with Crippen molar-refractivity contribution in [1.82, 2.24) is 5.43 Å². The Bertz CT molecular complexity index is 1870. The summed E-state index contributed by atoms with van der Waals surface area (Å²) in [6, 6.07) is 18.2. The summed E-state index contributed by atoms with van der Waals surface area (Å²) < 4.78 is 11.8. The van der Waals surface area contributed by atoms with Crippen molar-refractivity contribution in [3.63, 3.8) is 0 Å². The summed E-state index contributed by atoms with van der Waals surface area (Å²) in [7, 11) is 0. The monoisotopic (exact) mass is 666 g/mol. The molecule has 0 spiro atoms. The van der Waals surface area contributed by atoms with Crippen LogP contribution in [0.1, 0.15) is 36.1 Å². The van der Waals surface area contributed by atoms with Crippen LogP contribution in [0.2, 0.25) is 5.02 Å². The molecular formula is C28H16BrClN4O7S. The number of nitrogens with zero attached hydrogens (tertiary/aromatic N) is 2. The number of hydrazone groups is 1. The molecular weight excluding hydrogens is 652 g/mol. The van der Waals surface area contributed by atoms with Crippen LogP contribution < -0.4 is 15.5 Å². The highest BCUT2D eigenvalue weighted by Crippen LogP contribution is 2.38. The number of carbonyl (C=O) groups is 3. The number of thiophene rings is 1. The minimum Gasteiger partial charge on any atom is -0.459 e. The Balaban J connectivity index is 1.26. The molecule has 5 rings (SSSR count). The van der Waals surface area contributed by atoms with E-state index in [9.17, 15) is 24.5 Å². The number of benzene rings is 3. The number of halogens is 2. The van der Waals surface area contributed by atoms with Crippen molar-refractivity contribution >= 4 is 84.3 Å². The average molecular weight is 668 g/mol. The average Bonchev–Trinajstić information content (AvgIpc) is 3.63. The fourth-order valence-corrected chi connectivity index (χ4v) is 5.49. The molecule has 14 heteroatoms. The third-order valence-corrected chi connectivity index (χ3v) is 7.83. The van der Waals surface area contributed by atoms with Gasteiger partial charge < -0.3 is 14.5 Å². The Morgan fingerprint density at radius 1 is 1.05 bits per heavy atom. The van der Waals surface area contributed by atoms with Gasteiger partial charge in [0.2, 0.25) is 0 Å². The number of anilines is 1. The highest BCUT2D eigenvalue weighted by atomic mass is 79.9. The lowest BCUT2D eigenvalue weighted by Gasteiger charge is -2.08. The van der Waals surface area contributed by atoms with Gasteiger partial charge in [-0.1, -0.05) is 27.5 Å². The van der Waals surface area contributed by atoms with Gasteiger partial charge in [-0.05, 0) is 60.7 Å². The molecule has 0 atom stereocenters. The summed E-state index contributed by atoms with van der Waals surface area (Å²) in [6.45, 7) is 0. The Morgan fingerprint density at radius 3 is 2.55 bits per heavy atom. The van der Waals surface area contributed by atoms with Crippen LogP contribution in [0.3, 0.4) is 0 Å². The van der Waals surface area contributed by atoms with E-state index in [0.717, 1.165) is 11.3 Å². The number of nitro benzene ring substituents is 1. The smallest absolute Gasteiger partial charge is 0.355 e. The summed E-state index contributed by atoms with van der Waals surface area (Å²) in [4.78, 5) is 48.3. The molecule has 0 aliphatic carbocycles. The van der Waals surface area contributed by atoms with Crippen LogP contribution in [0.25, 0.3) is 10.1 Å². The largest absolute Gasteiger partial charge is 0.459 e. The molecule has 0 radical (unpaired) electrons. The van der Waals surface area contributed by atoms with Crippen LogP contribution in [-0.2, 0) is 0 Å². The fourth-order valence-electron chi connectivity index (χ4n) is 3.69. The zero-order valence-corrected chi connectivity index (χ0v) is 24.2. The third kappa shape index (κ3) is 6.38. The standard InChI is InChI=1S/C28H16BrClN4O7S/c29-17-5-10-21(41-28(37)25-24(30)20-9-8-19(34(38)39)13-23(20)42-25)16(12-17)14-31-33-26(35)15-3-6-18(7-4-15)32-27(36)22-2-1-11-40-22/h1-14H,(H,32,36)(H,33,35)/b31-14-. The van der Waals surface area contributed by atoms with E-state index in [-0.39, 0.29) is 32.7 Å². The van der Waals surface area contributed by atoms with Gasteiger partial charge in [-0.15, -0.1) is 11.3 Å². The predicted molar refractivity (Wildman–Crippen MR) is 161 cm³/mol. The van der Waals surface area contributed by atoms with Crippen LogP contribution in [0.15, 0.2) is 93.1 Å². The van der Waals surface area contributed by atoms with E-state index in [4.69, 9.17) is 20.8 Å². The molecule has 11 nitrogen and oxygen atoms in total. The lowest BCUT2D eigenvalue weighted by atomic mass is 10.2. The zero-order chi connectivity index (χ0) is 29.8. The minimum absolute atomic E-state index is 0.0788. The van der Waals surface area contributed by atoms with E-state index in [1.54, 1.807) is 30.3 Å². The number of hydrogen-bond donors (Lipinski definition) is 2. The summed E-state index contributed by atoms with van der Waals surface area (Å²) in [5.41, 5.74) is 3.39. The molecule has 0 fully saturated rings. The van der Waals surface area contributed by atoms with E-state index in [0.29, 0.717) is 25.8 Å². The molecule has 0 saturated heterocycles. The van der Waals surface area contributed by atoms with Crippen molar-refractivity contribution < 1.29 is 28.5 Å². The molecule has 5 aromatic rings. The molecule has 42 heavy (non-hydrogen) atoms. The van der Waals surface area contributed by atoms with Gasteiger partial charge in [-0.3, -0.25) is 19.7 Å². The van der Waals surface area contributed by atoms with Crippen LogP contribution in [0.5, 0.6) is 5.75 Å². The molecule has 0 bridgehead atoms. The number of nitrogens with one attached hydrogen (secondary N) is 2. The van der Waals surface area contributed by atoms with Crippen molar-refractivity contribution in [2.75, 3.05) is 5.32 Å². The first-order valence-electron chi connectivity index (χ1n) is 11.9. The number of esters is 1. The summed E-state index contributed by atoms with van der Waals surface area (Å²) in [6.07, 6.45) is 2.70. The normalized spacial score (nSPS) is 11.0. The number of amides is 2. The number of carbonyl (C=O) groups excluding carboxylic acids is 3. The van der Waals surface area contributed by atoms with Gasteiger partial charge in [0, 0.05) is 43.5 Å². The zero-order valence-electron chi connectivity index (χ0n) is 21.0. The van der Waals surface area contributed by atoms with Gasteiger partial charge in [0.1, 0.15) is 10.6 Å². The van der Waals surface area contributed by atoms with E-state index in [1.807, 2.05) is 0 Å². The molecule has 210 valence electrons. The lowest BCUT2D eigenvalue weighted by Crippen LogP contribution is -2.18. The number of ether oxygens (including phenoxy) is 1. The Morgan fingerprint density at radius 2 is 1.83 bits per heavy atom. The number of nitro groups is 1. The van der Waals surface area contributed by atoms with E-state index in [2.05, 4.69) is 31.8 Å². The first kappa shape index (κ1) is 28.7. The summed E-state index contributed by atoms with van der Waals surface area (Å²) in [5.74, 6) is -1.41. The van der Waals surface area contributed by atoms with Crippen molar-refractivity contribution in [2.24, 2.45) is 5.10 Å². The Kier molecular flexibility index (Phi) is 8.43. The Labute approximate surface area is 254 Å². The van der Waals surface area contributed by atoms with Gasteiger partial charge >= 0.3 is 5.97 Å². The van der Waals surface area contributed by atoms with Crippen molar-refractivity contribution in [1.29, 1.82) is 0 Å². The lowest BCUT2D eigenvalue weighted by molar-refractivity contribution is -0.384. The molecule has 3 aromatic carbocycles. The number of non-ortho nitro benzene ring substituents is 1. The SMILES string of the molecule is O=C(N/N=C\c1cc(Br)ccc1OC(=O)c1sc2cc([N+](=O)[O-])ccc2c1Cl)c1ccc(NC(=O)c2ccco2)cc1. The van der Waals surface area contributed by atoms with Crippen molar-refractivity contribution in [3.05, 3.63) is 120 Å². The molecule has 2 amide bonds. The number of fused-ring (bicyclic) bond motifs is 1. The van der Waals surface area contributed by atoms with Gasteiger partial charge in [-0.2, -0.15) is 5.10 Å². The molecule has 2 N–H and O–H groups in total. The Hall–Kier alpha value is -4.85. The van der Waals surface area contributed by atoms with Crippen LogP contribution in [0, 0.1) is 10.1 Å². The van der Waals surface area contributed by atoms with Gasteiger partial charge in [0.25, 0.3) is 17.5 Å². The predicted octanol–water partition coefficient (Wildman–Crippen LogP) is 7.05. The first-order valence-corrected chi connectivity index (χ1v) is 13.8. The number of hydrogen-bond acceptors (Lipinski definition) is 9. The van der Waals surface area contributed by atoms with Crippen LogP contribution >= 0.6 is 38.9 Å². The molecule has 0 aliphatic rings. The fraction of sp³-hybridized carbons (Fsp3) is 0. The maximum atomic E-state index is 13.0. The maximum Gasteiger partial charge on any atom is 0.355 e. The molecule has 0 unspecified atom stereocenters. The summed E-state index contributed by atoms with van der Waals surface area (Å²) >= 11 is 10.7. The van der Waals surface area contributed by atoms with Gasteiger partial charge in [-0.25, -0.2) is 10.2 Å². The van der Waals surface area contributed by atoms with Gasteiger partial charge in [0.15, 0.2) is 5.76 Å². The van der Waals surface area contributed by atoms with Crippen LogP contribution in [-0.4, -0.2) is 28.9 Å². The first-order chi connectivity index (χ1) is 20.2.